The topological polar surface area (TPSA) is 75.3 Å². The van der Waals surface area contributed by atoms with Gasteiger partial charge >= 0.3 is 0 Å². The van der Waals surface area contributed by atoms with Crippen LogP contribution in [0.15, 0.2) is 29.0 Å². The van der Waals surface area contributed by atoms with Crippen LogP contribution in [0, 0.1) is 0 Å². The van der Waals surface area contributed by atoms with Crippen LogP contribution in [0.1, 0.15) is 24.2 Å². The van der Waals surface area contributed by atoms with Crippen LogP contribution in [0.5, 0.6) is 0 Å². The summed E-state index contributed by atoms with van der Waals surface area (Å²) in [5.41, 5.74) is 1.09. The van der Waals surface area contributed by atoms with Gasteiger partial charge in [0, 0.05) is 31.9 Å². The minimum absolute atomic E-state index is 0.0960. The maximum atomic E-state index is 9.12. The molecule has 19 heavy (non-hydrogen) atoms. The largest absolute Gasteiger partial charge is 0.395 e. The predicted molar refractivity (Wildman–Crippen MR) is 69.1 cm³/mol. The number of rotatable bonds is 7. The molecule has 0 aliphatic heterocycles. The highest BCUT2D eigenvalue weighted by atomic mass is 16.5. The highest BCUT2D eigenvalue weighted by molar-refractivity contribution is 5.08. The molecule has 102 valence electrons. The third-order valence-corrected chi connectivity index (χ3v) is 2.72. The number of hydrogen-bond acceptors (Lipinski definition) is 6. The summed E-state index contributed by atoms with van der Waals surface area (Å²) in [6.45, 7) is 3.88. The molecule has 0 saturated heterocycles. The molecule has 2 aromatic heterocycles. The third-order valence-electron chi connectivity index (χ3n) is 2.72. The number of aryl methyl sites for hydroxylation is 1. The van der Waals surface area contributed by atoms with Gasteiger partial charge in [0.05, 0.1) is 13.2 Å². The molecule has 2 rings (SSSR count). The van der Waals surface area contributed by atoms with E-state index >= 15 is 0 Å². The first-order valence-corrected chi connectivity index (χ1v) is 6.35. The zero-order valence-corrected chi connectivity index (χ0v) is 11.0. The lowest BCUT2D eigenvalue weighted by Crippen LogP contribution is -2.26. The minimum Gasteiger partial charge on any atom is -0.395 e. The Bertz CT molecular complexity index is 486. The molecule has 0 amide bonds. The van der Waals surface area contributed by atoms with Gasteiger partial charge in [-0.25, -0.2) is 0 Å². The standard InChI is InChI=1S/C13H18N4O2/c1-2-13-15-12(16-19-13)10-17(6-7-18)9-11-4-3-5-14-8-11/h3-5,8,18H,2,6-7,9-10H2,1H3. The summed E-state index contributed by atoms with van der Waals surface area (Å²) in [6, 6.07) is 3.90. The van der Waals surface area contributed by atoms with Crippen molar-refractivity contribution in [3.8, 4) is 0 Å². The third kappa shape index (κ3) is 4.11. The highest BCUT2D eigenvalue weighted by Gasteiger charge is 2.11. The molecule has 6 heteroatoms. The van der Waals surface area contributed by atoms with Gasteiger partial charge in [-0.1, -0.05) is 18.1 Å². The summed E-state index contributed by atoms with van der Waals surface area (Å²) >= 11 is 0. The Morgan fingerprint density at radius 2 is 2.26 bits per heavy atom. The summed E-state index contributed by atoms with van der Waals surface area (Å²) in [5, 5.41) is 13.0. The number of aromatic nitrogens is 3. The Morgan fingerprint density at radius 3 is 2.89 bits per heavy atom. The number of hydrogen-bond donors (Lipinski definition) is 1. The molecule has 0 saturated carbocycles. The summed E-state index contributed by atoms with van der Waals surface area (Å²) in [5.74, 6) is 1.29. The Labute approximate surface area is 112 Å². The number of aliphatic hydroxyl groups is 1. The lowest BCUT2D eigenvalue weighted by molar-refractivity contribution is 0.179. The van der Waals surface area contributed by atoms with Crippen molar-refractivity contribution < 1.29 is 9.63 Å². The quantitative estimate of drug-likeness (QED) is 0.803. The van der Waals surface area contributed by atoms with Crippen LogP contribution in [0.2, 0.25) is 0 Å². The molecular formula is C13H18N4O2. The lowest BCUT2D eigenvalue weighted by Gasteiger charge is -2.19. The van der Waals surface area contributed by atoms with Crippen LogP contribution >= 0.6 is 0 Å². The molecule has 0 spiro atoms. The van der Waals surface area contributed by atoms with Gasteiger partial charge in [-0.3, -0.25) is 9.88 Å². The molecular weight excluding hydrogens is 244 g/mol. The number of pyridine rings is 1. The van der Waals surface area contributed by atoms with Gasteiger partial charge < -0.3 is 9.63 Å². The van der Waals surface area contributed by atoms with Crippen LogP contribution in [0.3, 0.4) is 0 Å². The number of aliphatic hydroxyl groups excluding tert-OH is 1. The van der Waals surface area contributed by atoms with E-state index in [1.807, 2.05) is 25.3 Å². The van der Waals surface area contributed by atoms with Gasteiger partial charge in [-0.05, 0) is 11.6 Å². The van der Waals surface area contributed by atoms with E-state index in [0.29, 0.717) is 31.3 Å². The molecule has 2 aromatic rings. The normalized spacial score (nSPS) is 11.1. The molecule has 6 nitrogen and oxygen atoms in total. The molecule has 0 bridgehead atoms. The first kappa shape index (κ1) is 13.6. The lowest BCUT2D eigenvalue weighted by atomic mass is 10.2. The maximum absolute atomic E-state index is 9.12. The van der Waals surface area contributed by atoms with Crippen LogP contribution in [-0.4, -0.2) is 38.3 Å². The minimum atomic E-state index is 0.0960. The fraction of sp³-hybridized carbons (Fsp3) is 0.462. The maximum Gasteiger partial charge on any atom is 0.226 e. The summed E-state index contributed by atoms with van der Waals surface area (Å²) < 4.78 is 5.08. The molecule has 0 atom stereocenters. The Morgan fingerprint density at radius 1 is 1.37 bits per heavy atom. The van der Waals surface area contributed by atoms with Crippen molar-refractivity contribution in [2.45, 2.75) is 26.4 Å². The first-order chi connectivity index (χ1) is 9.31. The van der Waals surface area contributed by atoms with E-state index in [2.05, 4.69) is 20.0 Å². The van der Waals surface area contributed by atoms with Crippen LogP contribution < -0.4 is 0 Å². The van der Waals surface area contributed by atoms with Crippen molar-refractivity contribution >= 4 is 0 Å². The van der Waals surface area contributed by atoms with E-state index in [1.54, 1.807) is 6.20 Å². The molecule has 0 aliphatic carbocycles. The Kier molecular flexibility index (Phi) is 5.00. The fourth-order valence-electron chi connectivity index (χ4n) is 1.80. The average Bonchev–Trinajstić information content (AvgIpc) is 2.88. The van der Waals surface area contributed by atoms with Crippen molar-refractivity contribution in [1.82, 2.24) is 20.0 Å². The first-order valence-electron chi connectivity index (χ1n) is 6.35. The molecule has 2 heterocycles. The Balaban J connectivity index is 1.99. The SMILES string of the molecule is CCc1nc(CN(CCO)Cc2cccnc2)no1. The monoisotopic (exact) mass is 262 g/mol. The number of nitrogens with zero attached hydrogens (tertiary/aromatic N) is 4. The molecule has 0 aromatic carbocycles. The molecule has 0 fully saturated rings. The summed E-state index contributed by atoms with van der Waals surface area (Å²) in [4.78, 5) is 10.4. The predicted octanol–water partition coefficient (Wildman–Crippen LogP) is 1.02. The van der Waals surface area contributed by atoms with Crippen LogP contribution in [0.4, 0.5) is 0 Å². The van der Waals surface area contributed by atoms with Crippen LogP contribution in [-0.2, 0) is 19.5 Å². The zero-order chi connectivity index (χ0) is 13.5. The molecule has 0 radical (unpaired) electrons. The van der Waals surface area contributed by atoms with Crippen molar-refractivity contribution in [3.63, 3.8) is 0 Å². The van der Waals surface area contributed by atoms with Gasteiger partial charge in [0.15, 0.2) is 5.82 Å². The highest BCUT2D eigenvalue weighted by Crippen LogP contribution is 2.07. The van der Waals surface area contributed by atoms with E-state index in [0.717, 1.165) is 12.0 Å². The van der Waals surface area contributed by atoms with Gasteiger partial charge in [0.1, 0.15) is 0 Å². The second-order valence-electron chi connectivity index (χ2n) is 4.25. The van der Waals surface area contributed by atoms with Gasteiger partial charge in [0.25, 0.3) is 0 Å². The van der Waals surface area contributed by atoms with E-state index in [-0.39, 0.29) is 6.61 Å². The van der Waals surface area contributed by atoms with Crippen molar-refractivity contribution in [2.24, 2.45) is 0 Å². The molecule has 0 unspecified atom stereocenters. The van der Waals surface area contributed by atoms with E-state index in [1.165, 1.54) is 0 Å². The molecule has 1 N–H and O–H groups in total. The van der Waals surface area contributed by atoms with Gasteiger partial charge in [-0.15, -0.1) is 0 Å². The average molecular weight is 262 g/mol. The second-order valence-corrected chi connectivity index (χ2v) is 4.25. The fourth-order valence-corrected chi connectivity index (χ4v) is 1.80. The van der Waals surface area contributed by atoms with E-state index < -0.39 is 0 Å². The Hall–Kier alpha value is -1.79. The van der Waals surface area contributed by atoms with Gasteiger partial charge in [0.2, 0.25) is 5.89 Å². The van der Waals surface area contributed by atoms with E-state index in [4.69, 9.17) is 9.63 Å². The van der Waals surface area contributed by atoms with E-state index in [9.17, 15) is 0 Å². The second kappa shape index (κ2) is 6.96. The molecule has 0 aliphatic rings. The van der Waals surface area contributed by atoms with Crippen LogP contribution in [0.25, 0.3) is 0 Å². The van der Waals surface area contributed by atoms with Gasteiger partial charge in [-0.2, -0.15) is 4.98 Å². The van der Waals surface area contributed by atoms with Crippen molar-refractivity contribution in [2.75, 3.05) is 13.2 Å². The van der Waals surface area contributed by atoms with Crippen molar-refractivity contribution in [1.29, 1.82) is 0 Å². The van der Waals surface area contributed by atoms with Crippen molar-refractivity contribution in [3.05, 3.63) is 41.8 Å². The summed E-state index contributed by atoms with van der Waals surface area (Å²) in [6.07, 6.45) is 4.29. The summed E-state index contributed by atoms with van der Waals surface area (Å²) in [7, 11) is 0. The smallest absolute Gasteiger partial charge is 0.226 e. The zero-order valence-electron chi connectivity index (χ0n) is 11.0.